The molecule has 0 saturated carbocycles. The van der Waals surface area contributed by atoms with Gasteiger partial charge in [0, 0.05) is 11.5 Å². The number of hydrogen-bond donors (Lipinski definition) is 2. The minimum absolute atomic E-state index is 0.163. The average molecular weight is 522 g/mol. The molecule has 2 aromatic carbocycles. The van der Waals surface area contributed by atoms with Crippen molar-refractivity contribution >= 4 is 5.91 Å². The van der Waals surface area contributed by atoms with E-state index in [9.17, 15) is 27.2 Å². The quantitative estimate of drug-likeness (QED) is 0.394. The number of benzene rings is 2. The summed E-state index contributed by atoms with van der Waals surface area (Å²) in [6.07, 6.45) is -5.04. The van der Waals surface area contributed by atoms with Crippen LogP contribution in [0.25, 0.3) is 0 Å². The van der Waals surface area contributed by atoms with Crippen molar-refractivity contribution in [3.05, 3.63) is 87.3 Å². The molecule has 37 heavy (non-hydrogen) atoms. The molecule has 11 heteroatoms. The summed E-state index contributed by atoms with van der Waals surface area (Å²) < 4.78 is 60.6. The summed E-state index contributed by atoms with van der Waals surface area (Å²) in [7, 11) is 1.55. The minimum atomic E-state index is -5.04. The van der Waals surface area contributed by atoms with Gasteiger partial charge in [0.1, 0.15) is 17.3 Å². The summed E-state index contributed by atoms with van der Waals surface area (Å²) in [6.45, 7) is 7.15. The van der Waals surface area contributed by atoms with Crippen molar-refractivity contribution in [2.24, 2.45) is 5.92 Å². The van der Waals surface area contributed by atoms with E-state index < -0.39 is 40.9 Å². The highest BCUT2D eigenvalue weighted by Crippen LogP contribution is 2.31. The summed E-state index contributed by atoms with van der Waals surface area (Å²) in [5.74, 6) is -2.29. The zero-order chi connectivity index (χ0) is 27.5. The fourth-order valence-electron chi connectivity index (χ4n) is 3.78. The molecule has 0 spiro atoms. The molecule has 0 aliphatic carbocycles. The summed E-state index contributed by atoms with van der Waals surface area (Å²) in [5.41, 5.74) is -0.456. The van der Waals surface area contributed by atoms with Gasteiger partial charge in [-0.2, -0.15) is 0 Å². The van der Waals surface area contributed by atoms with Crippen LogP contribution in [0.4, 0.5) is 17.6 Å². The largest absolute Gasteiger partial charge is 0.573 e. The number of carbonyl (C=O) groups excluding carboxylic acids is 1. The van der Waals surface area contributed by atoms with Gasteiger partial charge in [0.25, 0.3) is 11.5 Å². The summed E-state index contributed by atoms with van der Waals surface area (Å²) in [5, 5.41) is 2.70. The number of rotatable bonds is 8. The number of halogens is 4. The number of aromatic amines is 1. The van der Waals surface area contributed by atoms with Crippen molar-refractivity contribution in [1.29, 1.82) is 0 Å². The maximum absolute atomic E-state index is 14.3. The summed E-state index contributed by atoms with van der Waals surface area (Å²) in [6, 6.07) is 10.4. The molecule has 0 aliphatic heterocycles. The van der Waals surface area contributed by atoms with Crippen molar-refractivity contribution in [2.45, 2.75) is 45.5 Å². The molecule has 0 fully saturated rings. The van der Waals surface area contributed by atoms with Crippen LogP contribution in [0.15, 0.2) is 53.3 Å². The van der Waals surface area contributed by atoms with E-state index in [1.807, 2.05) is 26.0 Å². The first-order chi connectivity index (χ1) is 17.2. The molecule has 1 amide bonds. The second-order valence-electron chi connectivity index (χ2n) is 9.27. The lowest BCUT2D eigenvalue weighted by Gasteiger charge is -2.26. The molecular formula is C26H27F4N3O4. The first-order valence-corrected chi connectivity index (χ1v) is 11.3. The van der Waals surface area contributed by atoms with E-state index in [1.165, 1.54) is 6.07 Å². The van der Waals surface area contributed by atoms with Crippen molar-refractivity contribution < 1.29 is 31.8 Å². The number of ether oxygens (including phenoxy) is 2. The van der Waals surface area contributed by atoms with Crippen molar-refractivity contribution in [3.63, 3.8) is 0 Å². The highest BCUT2D eigenvalue weighted by Gasteiger charge is 2.33. The van der Waals surface area contributed by atoms with E-state index in [0.29, 0.717) is 5.75 Å². The number of methoxy groups -OCH3 is 1. The van der Waals surface area contributed by atoms with E-state index in [0.717, 1.165) is 23.8 Å². The predicted molar refractivity (Wildman–Crippen MR) is 128 cm³/mol. The molecule has 0 saturated heterocycles. The van der Waals surface area contributed by atoms with Crippen LogP contribution in [0, 0.1) is 11.7 Å². The molecule has 3 aromatic rings. The Morgan fingerprint density at radius 3 is 2.24 bits per heavy atom. The Bertz CT molecular complexity index is 1320. The molecule has 0 radical (unpaired) electrons. The minimum Gasteiger partial charge on any atom is -0.497 e. The molecule has 2 N–H and O–H groups in total. The molecule has 1 unspecified atom stereocenters. The van der Waals surface area contributed by atoms with Gasteiger partial charge >= 0.3 is 6.36 Å². The number of aromatic nitrogens is 2. The summed E-state index contributed by atoms with van der Waals surface area (Å²) in [4.78, 5) is 32.6. The lowest BCUT2D eigenvalue weighted by molar-refractivity contribution is -0.275. The van der Waals surface area contributed by atoms with Crippen LogP contribution in [0.1, 0.15) is 61.2 Å². The maximum atomic E-state index is 14.3. The second-order valence-corrected chi connectivity index (χ2v) is 9.27. The monoisotopic (exact) mass is 521 g/mol. The van der Waals surface area contributed by atoms with Crippen LogP contribution >= 0.6 is 0 Å². The Kier molecular flexibility index (Phi) is 7.94. The third-order valence-electron chi connectivity index (χ3n) is 5.87. The third kappa shape index (κ3) is 6.66. The second kappa shape index (κ2) is 10.6. The fraction of sp³-hybridized carbons (Fsp3) is 0.346. The van der Waals surface area contributed by atoms with Crippen LogP contribution in [0.5, 0.6) is 11.5 Å². The van der Waals surface area contributed by atoms with Crippen LogP contribution < -0.4 is 20.3 Å². The Morgan fingerprint density at radius 2 is 1.70 bits per heavy atom. The van der Waals surface area contributed by atoms with E-state index in [4.69, 9.17) is 4.74 Å². The summed E-state index contributed by atoms with van der Waals surface area (Å²) >= 11 is 0. The zero-order valence-electron chi connectivity index (χ0n) is 20.9. The van der Waals surface area contributed by atoms with Gasteiger partial charge in [-0.3, -0.25) is 9.59 Å². The highest BCUT2D eigenvalue weighted by atomic mass is 19.4. The Balaban J connectivity index is 1.90. The van der Waals surface area contributed by atoms with Crippen LogP contribution in [0.3, 0.4) is 0 Å². The molecule has 3 rings (SSSR count). The molecule has 0 aliphatic rings. The molecule has 1 heterocycles. The lowest BCUT2D eigenvalue weighted by Crippen LogP contribution is -2.35. The topological polar surface area (TPSA) is 93.3 Å². The number of H-pyrrole nitrogens is 1. The van der Waals surface area contributed by atoms with Crippen molar-refractivity contribution in [2.75, 3.05) is 7.11 Å². The number of nitrogens with one attached hydrogen (secondary N) is 2. The number of amides is 1. The van der Waals surface area contributed by atoms with E-state index in [2.05, 4.69) is 20.0 Å². The van der Waals surface area contributed by atoms with Crippen LogP contribution in [-0.2, 0) is 5.41 Å². The number of nitrogens with zero attached hydrogens (tertiary/aromatic N) is 1. The first-order valence-electron chi connectivity index (χ1n) is 11.3. The standard InChI is InChI=1S/C26H27F4N3O4/c1-14(2)22(15-6-11-20(18(27)12-15)37-26(28,29)30)33-23(35)19-13-21(34)32-24(31-19)25(3,4)16-7-9-17(36-5)10-8-16/h6-14,22H,1-5H3,(H,33,35)(H,31,32,34). The van der Waals surface area contributed by atoms with Gasteiger partial charge in [-0.1, -0.05) is 32.0 Å². The van der Waals surface area contributed by atoms with Gasteiger partial charge in [0.05, 0.1) is 13.2 Å². The zero-order valence-corrected chi connectivity index (χ0v) is 20.9. The first kappa shape index (κ1) is 27.7. The Labute approximate surface area is 210 Å². The maximum Gasteiger partial charge on any atom is 0.573 e. The van der Waals surface area contributed by atoms with E-state index in [1.54, 1.807) is 33.1 Å². The fourth-order valence-corrected chi connectivity index (χ4v) is 3.78. The average Bonchev–Trinajstić information content (AvgIpc) is 2.82. The predicted octanol–water partition coefficient (Wildman–Crippen LogP) is 5.27. The lowest BCUT2D eigenvalue weighted by atomic mass is 9.83. The number of carbonyl (C=O) groups is 1. The Hall–Kier alpha value is -3.89. The van der Waals surface area contributed by atoms with Gasteiger partial charge in [-0.25, -0.2) is 9.37 Å². The molecule has 1 atom stereocenters. The molecule has 7 nitrogen and oxygen atoms in total. The van der Waals surface area contributed by atoms with Crippen molar-refractivity contribution in [1.82, 2.24) is 15.3 Å². The SMILES string of the molecule is COc1ccc(C(C)(C)c2nc(C(=O)NC(c3ccc(OC(F)(F)F)c(F)c3)C(C)C)cc(=O)[nH]2)cc1. The van der Waals surface area contributed by atoms with Gasteiger partial charge in [0.15, 0.2) is 11.6 Å². The highest BCUT2D eigenvalue weighted by molar-refractivity contribution is 5.92. The third-order valence-corrected chi connectivity index (χ3v) is 5.87. The van der Waals surface area contributed by atoms with Crippen LogP contribution in [-0.4, -0.2) is 29.3 Å². The van der Waals surface area contributed by atoms with Gasteiger partial charge < -0.3 is 19.8 Å². The van der Waals surface area contributed by atoms with Gasteiger partial charge in [-0.15, -0.1) is 13.2 Å². The van der Waals surface area contributed by atoms with Gasteiger partial charge in [-0.05, 0) is 55.2 Å². The smallest absolute Gasteiger partial charge is 0.497 e. The van der Waals surface area contributed by atoms with E-state index in [-0.39, 0.29) is 23.0 Å². The Morgan fingerprint density at radius 1 is 1.05 bits per heavy atom. The number of alkyl halides is 3. The van der Waals surface area contributed by atoms with Gasteiger partial charge in [0.2, 0.25) is 0 Å². The normalized spacial score (nSPS) is 12.8. The molecule has 0 bridgehead atoms. The van der Waals surface area contributed by atoms with Crippen LogP contribution in [0.2, 0.25) is 0 Å². The molecule has 198 valence electrons. The number of hydrogen-bond acceptors (Lipinski definition) is 5. The van der Waals surface area contributed by atoms with E-state index >= 15 is 0 Å². The molecular weight excluding hydrogens is 494 g/mol. The molecule has 1 aromatic heterocycles. The van der Waals surface area contributed by atoms with Crippen molar-refractivity contribution in [3.8, 4) is 11.5 Å².